The first kappa shape index (κ1) is 62.4. The number of likely N-dealkylation sites (N-methyl/N-ethyl adjacent to an activating group) is 1. The van der Waals surface area contributed by atoms with Crippen molar-refractivity contribution in [1.82, 2.24) is 11.0 Å². The molecule has 366 valence electrons. The predicted octanol–water partition coefficient (Wildman–Crippen LogP) is 12.0. The van der Waals surface area contributed by atoms with Crippen LogP contribution >= 0.6 is 0 Å². The zero-order chi connectivity index (χ0) is 45.8. The summed E-state index contributed by atoms with van der Waals surface area (Å²) in [5, 5.41) is 11.4. The van der Waals surface area contributed by atoms with Gasteiger partial charge in [0.2, 0.25) is 0 Å². The Morgan fingerprint density at radius 1 is 0.645 bits per heavy atom. The van der Waals surface area contributed by atoms with E-state index in [4.69, 9.17) is 32.1 Å². The molecule has 2 unspecified atom stereocenters. The maximum Gasteiger partial charge on any atom is 0.407 e. The largest absolute Gasteiger partial charge is 0.466 e. The van der Waals surface area contributed by atoms with E-state index < -0.39 is 0 Å². The quantitative estimate of drug-likeness (QED) is 0.0158. The smallest absolute Gasteiger partial charge is 0.407 e. The van der Waals surface area contributed by atoms with Gasteiger partial charge in [0.15, 0.2) is 0 Å². The number of hydrogen-bond donors (Lipinski definition) is 4. The van der Waals surface area contributed by atoms with E-state index in [-0.39, 0.29) is 37.2 Å². The van der Waals surface area contributed by atoms with Gasteiger partial charge in [-0.3, -0.25) is 14.5 Å². The van der Waals surface area contributed by atoms with E-state index in [0.29, 0.717) is 26.2 Å². The minimum absolute atomic E-state index is 0.104. The molecule has 1 amide bonds. The van der Waals surface area contributed by atoms with E-state index in [0.717, 1.165) is 64.3 Å². The molecule has 2 radical (unpaired) electrons. The van der Waals surface area contributed by atoms with E-state index in [2.05, 4.69) is 37.0 Å². The Bertz CT molecular complexity index is 916. The Balaban J connectivity index is 0. The number of aliphatic hydroxyl groups is 1. The summed E-state index contributed by atoms with van der Waals surface area (Å²) in [4.78, 5) is 34.6. The Kier molecular flexibility index (Phi) is 54.1. The monoisotopic (exact) mass is 881 g/mol. The van der Waals surface area contributed by atoms with E-state index in [9.17, 15) is 9.59 Å². The Morgan fingerprint density at radius 3 is 1.61 bits per heavy atom. The molecule has 1 rings (SSSR count). The number of carbonyl (C=O) groups excluding carboxylic acids is 2. The molecule has 0 saturated carbocycles. The number of aliphatic hydroxyl groups excluding tert-OH is 1. The molecule has 1 aliphatic rings. The van der Waals surface area contributed by atoms with Gasteiger partial charge in [0.05, 0.1) is 35.2 Å². The van der Waals surface area contributed by atoms with Gasteiger partial charge in [-0.1, -0.05) is 199 Å². The normalized spacial score (nSPS) is 14.7. The molecule has 0 spiro atoms. The minimum atomic E-state index is -0.365. The summed E-state index contributed by atoms with van der Waals surface area (Å²) in [5.41, 5.74) is 2.41. The van der Waals surface area contributed by atoms with E-state index in [1.807, 2.05) is 21.0 Å². The van der Waals surface area contributed by atoms with Gasteiger partial charge in [-0.05, 0) is 57.2 Å². The molecule has 0 aromatic heterocycles. The first-order chi connectivity index (χ1) is 30.3. The number of ether oxygens (including phenoxy) is 2. The van der Waals surface area contributed by atoms with Crippen LogP contribution in [-0.2, 0) is 23.9 Å². The molecule has 0 bridgehead atoms. The summed E-state index contributed by atoms with van der Waals surface area (Å²) in [6.07, 6.45) is 46.9. The molecule has 0 aromatic carbocycles. The summed E-state index contributed by atoms with van der Waals surface area (Å²) < 4.78 is 10.5. The summed E-state index contributed by atoms with van der Waals surface area (Å²) in [6.45, 7) is 9.46. The Hall–Kier alpha value is -1.66. The second-order valence-corrected chi connectivity index (χ2v) is 17.9. The number of esters is 1. The number of quaternary nitrogens is 1. The third kappa shape index (κ3) is 54.5. The predicted molar refractivity (Wildman–Crippen MR) is 262 cm³/mol. The Labute approximate surface area is 385 Å². The minimum Gasteiger partial charge on any atom is -0.466 e. The first-order valence-electron chi connectivity index (χ1n) is 26.2. The standard InChI is InChI=1S/C23H47BN2O4.C16H34O.C12H21NO2/c1-4-5-6-7-8-9-10-11-12-13-14-15-16-17-23(27)28-20-22(24)21-30-25-29-19-18-26(2)3;1-2-3-4-5-6-7-8-9-10-11-12-13-14-15-16-17;1-2-10-13-12(14)15-11-8-6-4-3-5-7-9-11/h22,25H,4-21H2,1-3H3;17H,2-16H2,1H3;3-4,11H,2,5-10H2,1H3,(H,13,14)/p+1/b;;4-3+. The summed E-state index contributed by atoms with van der Waals surface area (Å²) in [6, 6.07) is 0. The van der Waals surface area contributed by atoms with Gasteiger partial charge in [-0.15, -0.1) is 0 Å². The lowest BCUT2D eigenvalue weighted by atomic mass is 9.89. The molecule has 62 heavy (non-hydrogen) atoms. The highest BCUT2D eigenvalue weighted by Gasteiger charge is 2.14. The van der Waals surface area contributed by atoms with Crippen LogP contribution in [0, 0.1) is 0 Å². The molecule has 1 aliphatic carbocycles. The highest BCUT2D eigenvalue weighted by atomic mass is 16.9. The summed E-state index contributed by atoms with van der Waals surface area (Å²) in [7, 11) is 9.95. The fourth-order valence-corrected chi connectivity index (χ4v) is 7.06. The maximum absolute atomic E-state index is 11.8. The molecule has 0 heterocycles. The van der Waals surface area contributed by atoms with Crippen LogP contribution in [0.4, 0.5) is 4.79 Å². The van der Waals surface area contributed by atoms with Crippen LogP contribution in [0.1, 0.15) is 239 Å². The molecule has 11 heteroatoms. The van der Waals surface area contributed by atoms with Gasteiger partial charge in [0, 0.05) is 19.6 Å². The molecule has 10 nitrogen and oxygen atoms in total. The molecule has 0 fully saturated rings. The van der Waals surface area contributed by atoms with Crippen LogP contribution in [-0.4, -0.2) is 84.7 Å². The van der Waals surface area contributed by atoms with Crippen LogP contribution in [0.5, 0.6) is 0 Å². The van der Waals surface area contributed by atoms with Gasteiger partial charge >= 0.3 is 12.1 Å². The van der Waals surface area contributed by atoms with Crippen molar-refractivity contribution in [3.05, 3.63) is 12.2 Å². The molecular formula is C51H103BN3O7+. The van der Waals surface area contributed by atoms with E-state index >= 15 is 0 Å². The second kappa shape index (κ2) is 53.7. The molecule has 0 aromatic rings. The second-order valence-electron chi connectivity index (χ2n) is 17.9. The van der Waals surface area contributed by atoms with Gasteiger partial charge in [0.25, 0.3) is 0 Å². The van der Waals surface area contributed by atoms with Crippen LogP contribution in [0.15, 0.2) is 12.2 Å². The lowest BCUT2D eigenvalue weighted by Crippen LogP contribution is -3.06. The highest BCUT2D eigenvalue weighted by molar-refractivity contribution is 6.11. The number of rotatable bonds is 40. The van der Waals surface area contributed by atoms with Crippen molar-refractivity contribution in [2.24, 2.45) is 0 Å². The van der Waals surface area contributed by atoms with Crippen LogP contribution in [0.25, 0.3) is 0 Å². The summed E-state index contributed by atoms with van der Waals surface area (Å²) >= 11 is 0. The van der Waals surface area contributed by atoms with Crippen molar-refractivity contribution in [2.45, 2.75) is 251 Å². The van der Waals surface area contributed by atoms with Crippen LogP contribution in [0.3, 0.4) is 0 Å². The van der Waals surface area contributed by atoms with Gasteiger partial charge in [-0.25, -0.2) is 4.79 Å². The van der Waals surface area contributed by atoms with Crippen LogP contribution < -0.4 is 15.9 Å². The average molecular weight is 881 g/mol. The topological polar surface area (TPSA) is 120 Å². The lowest BCUT2D eigenvalue weighted by molar-refractivity contribution is -0.859. The summed E-state index contributed by atoms with van der Waals surface area (Å²) in [5.74, 6) is -0.539. The van der Waals surface area contributed by atoms with Crippen molar-refractivity contribution in [3.8, 4) is 0 Å². The molecule has 2 atom stereocenters. The number of carbonyl (C=O) groups is 2. The van der Waals surface area contributed by atoms with Gasteiger partial charge < -0.3 is 24.8 Å². The van der Waals surface area contributed by atoms with Crippen molar-refractivity contribution < 1.29 is 38.7 Å². The molecule has 0 aliphatic heterocycles. The van der Waals surface area contributed by atoms with Gasteiger partial charge in [-0.2, -0.15) is 0 Å². The third-order valence-corrected chi connectivity index (χ3v) is 11.1. The van der Waals surface area contributed by atoms with Gasteiger partial charge in [0.1, 0.15) is 19.3 Å². The highest BCUT2D eigenvalue weighted by Crippen LogP contribution is 2.16. The fourth-order valence-electron chi connectivity index (χ4n) is 7.06. The zero-order valence-electron chi connectivity index (χ0n) is 41.6. The molecule has 4 N–H and O–H groups in total. The number of unbranched alkanes of at least 4 members (excludes halogenated alkanes) is 25. The number of alkyl carbamates (subject to hydrolysis) is 1. The number of allylic oxidation sites excluding steroid dienone is 2. The fraction of sp³-hybridized carbons (Fsp3) is 0.922. The maximum atomic E-state index is 11.8. The zero-order valence-corrected chi connectivity index (χ0v) is 41.6. The number of hydrogen-bond acceptors (Lipinski definition) is 8. The van der Waals surface area contributed by atoms with Crippen molar-refractivity contribution >= 4 is 19.9 Å². The van der Waals surface area contributed by atoms with E-state index in [1.165, 1.54) is 159 Å². The third-order valence-electron chi connectivity index (χ3n) is 11.1. The average Bonchev–Trinajstić information content (AvgIpc) is 3.25. The van der Waals surface area contributed by atoms with E-state index in [1.54, 1.807) is 0 Å². The lowest BCUT2D eigenvalue weighted by Gasteiger charge is -2.18. The Morgan fingerprint density at radius 2 is 1.13 bits per heavy atom. The number of nitrogens with one attached hydrogen (secondary N) is 3. The van der Waals surface area contributed by atoms with Crippen LogP contribution in [0.2, 0.25) is 5.82 Å². The SMILES string of the molecule is CCCCCCCCCCCCCCCCO.CCCNC(=O)OC1CC/C=C/CCC1.[B]C(CONOCC[NH+](C)C)COC(=O)CCCCCCCCCCCCCCC. The first-order valence-corrected chi connectivity index (χ1v) is 26.2. The molecular weight excluding hydrogens is 777 g/mol. The van der Waals surface area contributed by atoms with Crippen molar-refractivity contribution in [1.29, 1.82) is 0 Å². The van der Waals surface area contributed by atoms with Crippen molar-refractivity contribution in [3.63, 3.8) is 0 Å². The number of amides is 1. The van der Waals surface area contributed by atoms with Crippen molar-refractivity contribution in [2.75, 3.05) is 53.6 Å². The molecule has 0 saturated heterocycles.